The summed E-state index contributed by atoms with van der Waals surface area (Å²) in [6.45, 7) is 2.28. The molecule has 20 heavy (non-hydrogen) atoms. The van der Waals surface area contributed by atoms with Gasteiger partial charge in [0, 0.05) is 18.1 Å². The lowest BCUT2D eigenvalue weighted by atomic mass is 10.1. The van der Waals surface area contributed by atoms with Crippen LogP contribution in [0.25, 0.3) is 0 Å². The second-order valence-electron chi connectivity index (χ2n) is 4.77. The lowest BCUT2D eigenvalue weighted by Crippen LogP contribution is -2.27. The standard InChI is InChI=1S/C16H15BrFNO/c1-11-3-8-15(18)14(9-11)16(20)19(2)10-12-4-6-13(17)7-5-12/h3-9H,10H2,1-2H3. The Hall–Kier alpha value is -1.68. The SMILES string of the molecule is Cc1ccc(F)c(C(=O)N(C)Cc2ccc(Br)cc2)c1. The average molecular weight is 336 g/mol. The van der Waals surface area contributed by atoms with E-state index in [2.05, 4.69) is 15.9 Å². The van der Waals surface area contributed by atoms with E-state index in [4.69, 9.17) is 0 Å². The Morgan fingerprint density at radius 1 is 1.20 bits per heavy atom. The van der Waals surface area contributed by atoms with Gasteiger partial charge in [-0.05, 0) is 36.8 Å². The maximum Gasteiger partial charge on any atom is 0.256 e. The molecule has 4 heteroatoms. The van der Waals surface area contributed by atoms with Gasteiger partial charge in [0.05, 0.1) is 5.56 Å². The van der Waals surface area contributed by atoms with Gasteiger partial charge in [0.25, 0.3) is 5.91 Å². The zero-order chi connectivity index (χ0) is 14.7. The van der Waals surface area contributed by atoms with Crippen LogP contribution in [0.1, 0.15) is 21.5 Å². The van der Waals surface area contributed by atoms with E-state index in [1.54, 1.807) is 19.2 Å². The summed E-state index contributed by atoms with van der Waals surface area (Å²) in [5.41, 5.74) is 1.98. The summed E-state index contributed by atoms with van der Waals surface area (Å²) in [6.07, 6.45) is 0. The number of amides is 1. The Morgan fingerprint density at radius 2 is 1.85 bits per heavy atom. The summed E-state index contributed by atoms with van der Waals surface area (Å²) in [5.74, 6) is -0.794. The average Bonchev–Trinajstić information content (AvgIpc) is 2.43. The molecule has 0 aliphatic carbocycles. The van der Waals surface area contributed by atoms with Crippen LogP contribution < -0.4 is 0 Å². The zero-order valence-electron chi connectivity index (χ0n) is 11.4. The van der Waals surface area contributed by atoms with Crippen molar-refractivity contribution in [2.24, 2.45) is 0 Å². The van der Waals surface area contributed by atoms with Gasteiger partial charge in [-0.15, -0.1) is 0 Å². The van der Waals surface area contributed by atoms with E-state index in [0.29, 0.717) is 6.54 Å². The topological polar surface area (TPSA) is 20.3 Å². The molecule has 2 aromatic carbocycles. The highest BCUT2D eigenvalue weighted by Crippen LogP contribution is 2.15. The first-order chi connectivity index (χ1) is 9.47. The highest BCUT2D eigenvalue weighted by Gasteiger charge is 2.16. The molecule has 0 bridgehead atoms. The normalized spacial score (nSPS) is 10.4. The minimum absolute atomic E-state index is 0.115. The molecule has 0 fully saturated rings. The van der Waals surface area contributed by atoms with Gasteiger partial charge in [0.15, 0.2) is 0 Å². The van der Waals surface area contributed by atoms with Crippen molar-refractivity contribution in [1.29, 1.82) is 0 Å². The molecule has 0 aliphatic rings. The molecule has 0 aromatic heterocycles. The first-order valence-electron chi connectivity index (χ1n) is 6.23. The van der Waals surface area contributed by atoms with Crippen molar-refractivity contribution in [1.82, 2.24) is 4.90 Å². The number of benzene rings is 2. The van der Waals surface area contributed by atoms with Gasteiger partial charge < -0.3 is 4.90 Å². The third-order valence-electron chi connectivity index (χ3n) is 3.03. The molecule has 0 radical (unpaired) electrons. The Morgan fingerprint density at radius 3 is 2.50 bits per heavy atom. The van der Waals surface area contributed by atoms with E-state index in [-0.39, 0.29) is 11.5 Å². The van der Waals surface area contributed by atoms with E-state index >= 15 is 0 Å². The van der Waals surface area contributed by atoms with Crippen LogP contribution in [-0.4, -0.2) is 17.9 Å². The summed E-state index contributed by atoms with van der Waals surface area (Å²) < 4.78 is 14.7. The lowest BCUT2D eigenvalue weighted by Gasteiger charge is -2.18. The molecule has 1 amide bonds. The van der Waals surface area contributed by atoms with Gasteiger partial charge in [-0.3, -0.25) is 4.79 Å². The van der Waals surface area contributed by atoms with Crippen LogP contribution in [0, 0.1) is 12.7 Å². The van der Waals surface area contributed by atoms with Gasteiger partial charge >= 0.3 is 0 Å². The minimum atomic E-state index is -0.483. The van der Waals surface area contributed by atoms with Crippen molar-refractivity contribution in [3.05, 3.63) is 69.4 Å². The molecule has 0 heterocycles. The van der Waals surface area contributed by atoms with E-state index in [1.807, 2.05) is 31.2 Å². The monoisotopic (exact) mass is 335 g/mol. The molecule has 104 valence electrons. The molecule has 0 unspecified atom stereocenters. The fraction of sp³-hybridized carbons (Fsp3) is 0.188. The van der Waals surface area contributed by atoms with Crippen LogP contribution in [0.2, 0.25) is 0 Å². The van der Waals surface area contributed by atoms with Gasteiger partial charge in [-0.1, -0.05) is 39.7 Å². The molecule has 0 saturated carbocycles. The maximum atomic E-state index is 13.7. The molecular formula is C16H15BrFNO. The molecule has 0 spiro atoms. The van der Waals surface area contributed by atoms with Gasteiger partial charge in [0.1, 0.15) is 5.82 Å². The predicted octanol–water partition coefficient (Wildman–Crippen LogP) is 4.17. The van der Waals surface area contributed by atoms with E-state index in [9.17, 15) is 9.18 Å². The first kappa shape index (κ1) is 14.7. The molecule has 2 aromatic rings. The number of carbonyl (C=O) groups is 1. The quantitative estimate of drug-likeness (QED) is 0.824. The second-order valence-corrected chi connectivity index (χ2v) is 5.69. The maximum absolute atomic E-state index is 13.7. The number of hydrogen-bond donors (Lipinski definition) is 0. The number of halogens is 2. The first-order valence-corrected chi connectivity index (χ1v) is 7.03. The Balaban J connectivity index is 2.16. The summed E-state index contributed by atoms with van der Waals surface area (Å²) in [6, 6.07) is 12.3. The van der Waals surface area contributed by atoms with Crippen molar-refractivity contribution in [3.63, 3.8) is 0 Å². The van der Waals surface area contributed by atoms with E-state index in [1.165, 1.54) is 11.0 Å². The molecule has 0 atom stereocenters. The smallest absolute Gasteiger partial charge is 0.256 e. The van der Waals surface area contributed by atoms with Crippen LogP contribution in [0.4, 0.5) is 4.39 Å². The molecular weight excluding hydrogens is 321 g/mol. The molecule has 0 saturated heterocycles. The molecule has 0 aliphatic heterocycles. The summed E-state index contributed by atoms with van der Waals surface area (Å²) in [5, 5.41) is 0. The largest absolute Gasteiger partial charge is 0.337 e. The van der Waals surface area contributed by atoms with Crippen LogP contribution in [0.15, 0.2) is 46.9 Å². The van der Waals surface area contributed by atoms with Crippen LogP contribution >= 0.6 is 15.9 Å². The lowest BCUT2D eigenvalue weighted by molar-refractivity contribution is 0.0780. The van der Waals surface area contributed by atoms with Gasteiger partial charge in [-0.25, -0.2) is 4.39 Å². The Bertz CT molecular complexity index is 625. The summed E-state index contributed by atoms with van der Waals surface area (Å²) in [4.78, 5) is 13.8. The Kier molecular flexibility index (Phi) is 4.55. The molecule has 2 nitrogen and oxygen atoms in total. The summed E-state index contributed by atoms with van der Waals surface area (Å²) in [7, 11) is 1.67. The highest BCUT2D eigenvalue weighted by atomic mass is 79.9. The zero-order valence-corrected chi connectivity index (χ0v) is 12.9. The van der Waals surface area contributed by atoms with Gasteiger partial charge in [0.2, 0.25) is 0 Å². The molecule has 0 N–H and O–H groups in total. The van der Waals surface area contributed by atoms with E-state index in [0.717, 1.165) is 15.6 Å². The number of nitrogens with zero attached hydrogens (tertiary/aromatic N) is 1. The van der Waals surface area contributed by atoms with E-state index < -0.39 is 5.82 Å². The third kappa shape index (κ3) is 3.45. The number of carbonyl (C=O) groups excluding carboxylic acids is 1. The Labute approximate surface area is 126 Å². The van der Waals surface area contributed by atoms with Crippen molar-refractivity contribution in [3.8, 4) is 0 Å². The van der Waals surface area contributed by atoms with Crippen molar-refractivity contribution < 1.29 is 9.18 Å². The third-order valence-corrected chi connectivity index (χ3v) is 3.56. The molecule has 2 rings (SSSR count). The predicted molar refractivity (Wildman–Crippen MR) is 81.1 cm³/mol. The van der Waals surface area contributed by atoms with Crippen LogP contribution in [0.3, 0.4) is 0 Å². The minimum Gasteiger partial charge on any atom is -0.337 e. The van der Waals surface area contributed by atoms with Crippen molar-refractivity contribution in [2.45, 2.75) is 13.5 Å². The van der Waals surface area contributed by atoms with Crippen LogP contribution in [-0.2, 0) is 6.54 Å². The fourth-order valence-electron chi connectivity index (χ4n) is 1.94. The second kappa shape index (κ2) is 6.18. The summed E-state index contributed by atoms with van der Waals surface area (Å²) >= 11 is 3.36. The van der Waals surface area contributed by atoms with Gasteiger partial charge in [-0.2, -0.15) is 0 Å². The number of rotatable bonds is 3. The van der Waals surface area contributed by atoms with Crippen molar-refractivity contribution >= 4 is 21.8 Å². The fourth-order valence-corrected chi connectivity index (χ4v) is 2.21. The number of hydrogen-bond acceptors (Lipinski definition) is 1. The van der Waals surface area contributed by atoms with Crippen LogP contribution in [0.5, 0.6) is 0 Å². The van der Waals surface area contributed by atoms with Crippen molar-refractivity contribution in [2.75, 3.05) is 7.05 Å². The highest BCUT2D eigenvalue weighted by molar-refractivity contribution is 9.10. The number of aryl methyl sites for hydroxylation is 1.